The van der Waals surface area contributed by atoms with Crippen molar-refractivity contribution in [1.29, 1.82) is 0 Å². The average molecular weight is 527 g/mol. The largest absolute Gasteiger partial charge is 0.497 e. The van der Waals surface area contributed by atoms with Crippen molar-refractivity contribution in [3.63, 3.8) is 0 Å². The van der Waals surface area contributed by atoms with Gasteiger partial charge in [-0.3, -0.25) is 9.58 Å². The quantitative estimate of drug-likeness (QED) is 0.457. The lowest BCUT2D eigenvalue weighted by molar-refractivity contribution is 0.0306. The van der Waals surface area contributed by atoms with Gasteiger partial charge in [0.15, 0.2) is 0 Å². The van der Waals surface area contributed by atoms with E-state index in [1.807, 2.05) is 36.0 Å². The SMILES string of the molecule is COc1ccc(OC)c(S(=O)(=O)NC[C@H]2C[C@@H]3CCN2C[C@H]3c2cc(-c3ccccc3OC)nn2C)c1. The van der Waals surface area contributed by atoms with Crippen LogP contribution in [-0.4, -0.2) is 70.1 Å². The number of ether oxygens (including phenoxy) is 3. The zero-order chi connectivity index (χ0) is 26.2. The van der Waals surface area contributed by atoms with E-state index in [4.69, 9.17) is 19.3 Å². The zero-order valence-electron chi connectivity index (χ0n) is 21.7. The Morgan fingerprint density at radius 3 is 2.51 bits per heavy atom. The van der Waals surface area contributed by atoms with Crippen molar-refractivity contribution < 1.29 is 22.6 Å². The molecule has 3 fully saturated rings. The molecule has 1 N–H and O–H groups in total. The topological polar surface area (TPSA) is 94.9 Å². The van der Waals surface area contributed by atoms with E-state index in [2.05, 4.69) is 15.7 Å². The van der Waals surface area contributed by atoms with Gasteiger partial charge in [-0.15, -0.1) is 0 Å². The first kappa shape index (κ1) is 25.6. The maximum absolute atomic E-state index is 13.2. The molecule has 0 aliphatic carbocycles. The highest BCUT2D eigenvalue weighted by Crippen LogP contribution is 2.43. The zero-order valence-corrected chi connectivity index (χ0v) is 22.5. The number of benzene rings is 2. The number of para-hydroxylation sites is 1. The number of sulfonamides is 1. The fraction of sp³-hybridized carbons (Fsp3) is 0.444. The Morgan fingerprint density at radius 1 is 1.03 bits per heavy atom. The van der Waals surface area contributed by atoms with Crippen LogP contribution in [0.25, 0.3) is 11.3 Å². The van der Waals surface area contributed by atoms with Crippen molar-refractivity contribution in [3.8, 4) is 28.5 Å². The normalized spacial score (nSPS) is 23.1. The van der Waals surface area contributed by atoms with Crippen molar-refractivity contribution in [3.05, 3.63) is 54.2 Å². The van der Waals surface area contributed by atoms with Gasteiger partial charge in [0, 0.05) is 49.4 Å². The Morgan fingerprint density at radius 2 is 1.81 bits per heavy atom. The molecule has 4 heterocycles. The Balaban J connectivity index is 1.30. The average Bonchev–Trinajstić information content (AvgIpc) is 3.32. The summed E-state index contributed by atoms with van der Waals surface area (Å²) in [6.07, 6.45) is 2.02. The number of rotatable bonds is 9. The van der Waals surface area contributed by atoms with Crippen LogP contribution in [0, 0.1) is 5.92 Å². The van der Waals surface area contributed by atoms with Gasteiger partial charge in [0.25, 0.3) is 0 Å². The summed E-state index contributed by atoms with van der Waals surface area (Å²) < 4.78 is 47.2. The first-order valence-corrected chi connectivity index (χ1v) is 14.0. The molecule has 37 heavy (non-hydrogen) atoms. The van der Waals surface area contributed by atoms with Gasteiger partial charge in [-0.1, -0.05) is 12.1 Å². The van der Waals surface area contributed by atoms with E-state index < -0.39 is 10.0 Å². The summed E-state index contributed by atoms with van der Waals surface area (Å²) in [4.78, 5) is 2.49. The van der Waals surface area contributed by atoms with E-state index in [1.54, 1.807) is 19.2 Å². The molecule has 3 aromatic rings. The first-order valence-electron chi connectivity index (χ1n) is 12.5. The molecular weight excluding hydrogens is 492 g/mol. The highest BCUT2D eigenvalue weighted by molar-refractivity contribution is 7.89. The van der Waals surface area contributed by atoms with Crippen LogP contribution in [0.2, 0.25) is 0 Å². The number of aromatic nitrogens is 2. The second-order valence-corrected chi connectivity index (χ2v) is 11.4. The van der Waals surface area contributed by atoms with Crippen molar-refractivity contribution in [2.24, 2.45) is 13.0 Å². The number of fused-ring (bicyclic) bond motifs is 3. The fourth-order valence-corrected chi connectivity index (χ4v) is 7.03. The third-order valence-electron chi connectivity index (χ3n) is 7.73. The van der Waals surface area contributed by atoms with Crippen molar-refractivity contribution >= 4 is 10.0 Å². The van der Waals surface area contributed by atoms with E-state index in [9.17, 15) is 8.42 Å². The molecule has 6 rings (SSSR count). The lowest BCUT2D eigenvalue weighted by Crippen LogP contribution is -2.56. The first-order chi connectivity index (χ1) is 17.8. The van der Waals surface area contributed by atoms with Gasteiger partial charge in [-0.05, 0) is 55.6 Å². The smallest absolute Gasteiger partial charge is 0.244 e. The van der Waals surface area contributed by atoms with Crippen LogP contribution in [-0.2, 0) is 17.1 Å². The lowest BCUT2D eigenvalue weighted by Gasteiger charge is -2.49. The predicted molar refractivity (Wildman–Crippen MR) is 141 cm³/mol. The molecule has 2 aromatic carbocycles. The van der Waals surface area contributed by atoms with E-state index >= 15 is 0 Å². The maximum Gasteiger partial charge on any atom is 0.244 e. The van der Waals surface area contributed by atoms with E-state index in [1.165, 1.54) is 26.0 Å². The highest BCUT2D eigenvalue weighted by atomic mass is 32.2. The molecular formula is C27H34N4O5S. The summed E-state index contributed by atoms with van der Waals surface area (Å²) in [6.45, 7) is 2.20. The molecule has 10 heteroatoms. The number of aryl methyl sites for hydroxylation is 1. The third-order valence-corrected chi connectivity index (χ3v) is 9.17. The summed E-state index contributed by atoms with van der Waals surface area (Å²) in [7, 11) is 2.88. The lowest BCUT2D eigenvalue weighted by atomic mass is 9.74. The van der Waals surface area contributed by atoms with Crippen LogP contribution in [0.5, 0.6) is 17.2 Å². The minimum atomic E-state index is -3.77. The van der Waals surface area contributed by atoms with Crippen molar-refractivity contribution in [2.45, 2.75) is 29.7 Å². The predicted octanol–water partition coefficient (Wildman–Crippen LogP) is 3.27. The molecule has 3 saturated heterocycles. The molecule has 1 unspecified atom stereocenters. The summed E-state index contributed by atoms with van der Waals surface area (Å²) >= 11 is 0. The summed E-state index contributed by atoms with van der Waals surface area (Å²) in [5.74, 6) is 2.38. The van der Waals surface area contributed by atoms with E-state index in [0.29, 0.717) is 29.9 Å². The number of hydrogen-bond acceptors (Lipinski definition) is 7. The van der Waals surface area contributed by atoms with Gasteiger partial charge in [0.05, 0.1) is 27.0 Å². The number of nitrogens with one attached hydrogen (secondary N) is 1. The van der Waals surface area contributed by atoms with Crippen LogP contribution >= 0.6 is 0 Å². The van der Waals surface area contributed by atoms with Gasteiger partial charge in [0.1, 0.15) is 22.1 Å². The van der Waals surface area contributed by atoms with Crippen molar-refractivity contribution in [2.75, 3.05) is 41.0 Å². The summed E-state index contributed by atoms with van der Waals surface area (Å²) in [5, 5.41) is 4.80. The Kier molecular flexibility index (Phi) is 7.15. The second-order valence-electron chi connectivity index (χ2n) is 9.69. The highest BCUT2D eigenvalue weighted by Gasteiger charge is 2.42. The monoisotopic (exact) mass is 526 g/mol. The third kappa shape index (κ3) is 4.93. The van der Waals surface area contributed by atoms with Crippen molar-refractivity contribution in [1.82, 2.24) is 19.4 Å². The molecule has 2 bridgehead atoms. The Bertz CT molecular complexity index is 1370. The standard InChI is InChI=1S/C27H34N4O5S/c1-30-24(15-23(29-30)21-7-5-6-8-25(21)35-3)22-17-31-12-11-18(22)13-19(31)16-28-37(32,33)27-14-20(34-2)9-10-26(27)36-4/h5-10,14-15,18-19,22,28H,11-13,16-17H2,1-4H3/t18-,19+,22+/m0/s1. The van der Waals surface area contributed by atoms with E-state index in [-0.39, 0.29) is 10.9 Å². The number of nitrogens with zero attached hydrogens (tertiary/aromatic N) is 3. The Hall–Kier alpha value is -3.08. The molecule has 0 spiro atoms. The van der Waals surface area contributed by atoms with Gasteiger partial charge in [-0.25, -0.2) is 13.1 Å². The van der Waals surface area contributed by atoms with Gasteiger partial charge in [-0.2, -0.15) is 5.10 Å². The molecule has 3 aliphatic rings. The molecule has 0 amide bonds. The van der Waals surface area contributed by atoms with Crippen LogP contribution < -0.4 is 18.9 Å². The fourth-order valence-electron chi connectivity index (χ4n) is 5.78. The molecule has 1 aromatic heterocycles. The van der Waals surface area contributed by atoms with E-state index in [0.717, 1.165) is 42.9 Å². The minimum absolute atomic E-state index is 0.0851. The van der Waals surface area contributed by atoms with Crippen LogP contribution in [0.4, 0.5) is 0 Å². The van der Waals surface area contributed by atoms with Crippen LogP contribution in [0.1, 0.15) is 24.5 Å². The van der Waals surface area contributed by atoms with Gasteiger partial charge in [0.2, 0.25) is 10.0 Å². The molecule has 9 nitrogen and oxygen atoms in total. The molecule has 0 radical (unpaired) electrons. The molecule has 198 valence electrons. The second kappa shape index (κ2) is 10.4. The van der Waals surface area contributed by atoms with Gasteiger partial charge >= 0.3 is 0 Å². The molecule has 4 atom stereocenters. The summed E-state index contributed by atoms with van der Waals surface area (Å²) in [6, 6.07) is 15.0. The number of methoxy groups -OCH3 is 3. The molecule has 0 saturated carbocycles. The van der Waals surface area contributed by atoms with Crippen LogP contribution in [0.15, 0.2) is 53.4 Å². The molecule has 3 aliphatic heterocycles. The maximum atomic E-state index is 13.2. The number of hydrogen-bond donors (Lipinski definition) is 1. The van der Waals surface area contributed by atoms with Gasteiger partial charge < -0.3 is 14.2 Å². The van der Waals surface area contributed by atoms with Crippen LogP contribution in [0.3, 0.4) is 0 Å². The Labute approximate surface area is 218 Å². The summed E-state index contributed by atoms with van der Waals surface area (Å²) in [5.41, 5.74) is 3.09. The number of piperidine rings is 3. The minimum Gasteiger partial charge on any atom is -0.497 e.